The summed E-state index contributed by atoms with van der Waals surface area (Å²) < 4.78 is 17.6. The van der Waals surface area contributed by atoms with Crippen LogP contribution in [0.5, 0.6) is 0 Å². The number of carbonyl (C=O) groups is 2. The van der Waals surface area contributed by atoms with Crippen LogP contribution in [0.15, 0.2) is 24.3 Å². The molecule has 0 saturated carbocycles. The van der Waals surface area contributed by atoms with E-state index in [0.717, 1.165) is 6.42 Å². The summed E-state index contributed by atoms with van der Waals surface area (Å²) in [6.07, 6.45) is 0.596. The molecule has 1 saturated heterocycles. The van der Waals surface area contributed by atoms with Gasteiger partial charge in [-0.3, -0.25) is 4.79 Å². The van der Waals surface area contributed by atoms with Gasteiger partial charge in [0.1, 0.15) is 5.82 Å². The molecule has 1 aromatic rings. The van der Waals surface area contributed by atoms with E-state index in [1.54, 1.807) is 0 Å². The first-order valence-corrected chi connectivity index (χ1v) is 6.12. The van der Waals surface area contributed by atoms with Crippen LogP contribution in [0, 0.1) is 5.82 Å². The molecule has 1 heterocycles. The van der Waals surface area contributed by atoms with Crippen LogP contribution >= 0.6 is 0 Å². The molecule has 5 nitrogen and oxygen atoms in total. The molecule has 0 aliphatic carbocycles. The number of nitrogens with zero attached hydrogens (tertiary/aromatic N) is 1. The molecule has 0 spiro atoms. The van der Waals surface area contributed by atoms with Gasteiger partial charge in [0.05, 0.1) is 6.61 Å². The fourth-order valence-corrected chi connectivity index (χ4v) is 1.79. The molecule has 1 fully saturated rings. The fraction of sp³-hybridized carbons (Fsp3) is 0.385. The molecule has 1 aromatic carbocycles. The number of hydrogen-bond donors (Lipinski definition) is 1. The Kier molecular flexibility index (Phi) is 4.33. The lowest BCUT2D eigenvalue weighted by Gasteiger charge is -2.25. The minimum atomic E-state index is -0.374. The minimum absolute atomic E-state index is 0.187. The number of amides is 2. The monoisotopic (exact) mass is 266 g/mol. The van der Waals surface area contributed by atoms with E-state index in [0.29, 0.717) is 25.4 Å². The SMILES string of the molecule is O=C(CCN1CCCOC1=O)Nc1ccc(F)cc1. The third kappa shape index (κ3) is 3.94. The van der Waals surface area contributed by atoms with Gasteiger partial charge in [-0.05, 0) is 30.7 Å². The maximum absolute atomic E-state index is 12.7. The van der Waals surface area contributed by atoms with E-state index in [1.165, 1.54) is 29.2 Å². The highest BCUT2D eigenvalue weighted by Crippen LogP contribution is 2.09. The summed E-state index contributed by atoms with van der Waals surface area (Å²) in [5.41, 5.74) is 0.535. The van der Waals surface area contributed by atoms with Crippen LogP contribution in [0.1, 0.15) is 12.8 Å². The molecule has 0 radical (unpaired) electrons. The van der Waals surface area contributed by atoms with Crippen molar-refractivity contribution in [3.05, 3.63) is 30.1 Å². The molecule has 0 bridgehead atoms. The minimum Gasteiger partial charge on any atom is -0.449 e. The molecule has 1 aliphatic heterocycles. The molecule has 1 aliphatic rings. The van der Waals surface area contributed by atoms with Crippen molar-refractivity contribution in [1.82, 2.24) is 4.90 Å². The number of benzene rings is 1. The Labute approximate surface area is 110 Å². The van der Waals surface area contributed by atoms with Crippen molar-refractivity contribution < 1.29 is 18.7 Å². The Hall–Kier alpha value is -2.11. The Morgan fingerprint density at radius 1 is 1.37 bits per heavy atom. The molecule has 0 atom stereocenters. The number of anilines is 1. The van der Waals surface area contributed by atoms with Crippen LogP contribution in [-0.2, 0) is 9.53 Å². The van der Waals surface area contributed by atoms with Crippen LogP contribution in [0.25, 0.3) is 0 Å². The van der Waals surface area contributed by atoms with Gasteiger partial charge in [-0.15, -0.1) is 0 Å². The lowest BCUT2D eigenvalue weighted by Crippen LogP contribution is -2.39. The normalized spacial score (nSPS) is 15.0. The van der Waals surface area contributed by atoms with E-state index in [-0.39, 0.29) is 24.2 Å². The van der Waals surface area contributed by atoms with Crippen molar-refractivity contribution >= 4 is 17.7 Å². The number of rotatable bonds is 4. The zero-order chi connectivity index (χ0) is 13.7. The van der Waals surface area contributed by atoms with Crippen molar-refractivity contribution in [2.45, 2.75) is 12.8 Å². The maximum atomic E-state index is 12.7. The Balaban J connectivity index is 1.78. The second-order valence-corrected chi connectivity index (χ2v) is 4.26. The first kappa shape index (κ1) is 13.3. The second-order valence-electron chi connectivity index (χ2n) is 4.26. The molecular weight excluding hydrogens is 251 g/mol. The Bertz CT molecular complexity index is 461. The maximum Gasteiger partial charge on any atom is 0.409 e. The molecule has 102 valence electrons. The highest BCUT2D eigenvalue weighted by Gasteiger charge is 2.19. The molecular formula is C13H15FN2O3. The van der Waals surface area contributed by atoms with Crippen LogP contribution in [-0.4, -0.2) is 36.6 Å². The molecule has 1 N–H and O–H groups in total. The first-order valence-electron chi connectivity index (χ1n) is 6.12. The van der Waals surface area contributed by atoms with Crippen LogP contribution in [0.2, 0.25) is 0 Å². The van der Waals surface area contributed by atoms with Gasteiger partial charge in [-0.2, -0.15) is 0 Å². The summed E-state index contributed by atoms with van der Waals surface area (Å²) in [7, 11) is 0. The number of hydrogen-bond acceptors (Lipinski definition) is 3. The summed E-state index contributed by atoms with van der Waals surface area (Å²) in [6.45, 7) is 1.38. The smallest absolute Gasteiger partial charge is 0.409 e. The van der Waals surface area contributed by atoms with E-state index in [4.69, 9.17) is 4.74 Å². The zero-order valence-electron chi connectivity index (χ0n) is 10.4. The number of nitrogens with one attached hydrogen (secondary N) is 1. The van der Waals surface area contributed by atoms with E-state index in [1.807, 2.05) is 0 Å². The van der Waals surface area contributed by atoms with E-state index >= 15 is 0 Å². The van der Waals surface area contributed by atoms with Crippen molar-refractivity contribution in [3.8, 4) is 0 Å². The highest BCUT2D eigenvalue weighted by molar-refractivity contribution is 5.91. The molecule has 0 unspecified atom stereocenters. The van der Waals surface area contributed by atoms with Gasteiger partial charge in [-0.1, -0.05) is 0 Å². The van der Waals surface area contributed by atoms with E-state index in [2.05, 4.69) is 5.32 Å². The van der Waals surface area contributed by atoms with Crippen molar-refractivity contribution in [3.63, 3.8) is 0 Å². The van der Waals surface area contributed by atoms with Crippen molar-refractivity contribution in [1.29, 1.82) is 0 Å². The highest BCUT2D eigenvalue weighted by atomic mass is 19.1. The van der Waals surface area contributed by atoms with Crippen LogP contribution < -0.4 is 5.32 Å². The molecule has 2 rings (SSSR count). The Morgan fingerprint density at radius 2 is 2.11 bits per heavy atom. The van der Waals surface area contributed by atoms with Crippen LogP contribution in [0.4, 0.5) is 14.9 Å². The van der Waals surface area contributed by atoms with E-state index < -0.39 is 0 Å². The third-order valence-electron chi connectivity index (χ3n) is 2.79. The second kappa shape index (κ2) is 6.17. The Morgan fingerprint density at radius 3 is 2.79 bits per heavy atom. The van der Waals surface area contributed by atoms with Gasteiger partial charge < -0.3 is 15.0 Å². The largest absolute Gasteiger partial charge is 0.449 e. The van der Waals surface area contributed by atoms with Gasteiger partial charge in [0, 0.05) is 25.2 Å². The topological polar surface area (TPSA) is 58.6 Å². The first-order chi connectivity index (χ1) is 9.15. The van der Waals surface area contributed by atoms with Crippen LogP contribution in [0.3, 0.4) is 0 Å². The quantitative estimate of drug-likeness (QED) is 0.906. The van der Waals surface area contributed by atoms with Gasteiger partial charge in [0.15, 0.2) is 0 Å². The molecule has 2 amide bonds. The van der Waals surface area contributed by atoms with Crippen molar-refractivity contribution in [2.24, 2.45) is 0 Å². The predicted octanol–water partition coefficient (Wildman–Crippen LogP) is 2.00. The number of halogens is 1. The van der Waals surface area contributed by atoms with Gasteiger partial charge >= 0.3 is 6.09 Å². The summed E-state index contributed by atoms with van der Waals surface area (Å²) in [5, 5.41) is 2.64. The summed E-state index contributed by atoms with van der Waals surface area (Å²) in [5.74, 6) is -0.570. The van der Waals surface area contributed by atoms with Crippen molar-refractivity contribution in [2.75, 3.05) is 25.0 Å². The lowest BCUT2D eigenvalue weighted by molar-refractivity contribution is -0.116. The van der Waals surface area contributed by atoms with E-state index in [9.17, 15) is 14.0 Å². The van der Waals surface area contributed by atoms with Gasteiger partial charge in [-0.25, -0.2) is 9.18 Å². The average molecular weight is 266 g/mol. The lowest BCUT2D eigenvalue weighted by atomic mass is 10.3. The number of carbonyl (C=O) groups excluding carboxylic acids is 2. The predicted molar refractivity (Wildman–Crippen MR) is 67.2 cm³/mol. The molecule has 19 heavy (non-hydrogen) atoms. The summed E-state index contributed by atoms with van der Waals surface area (Å²) in [6, 6.07) is 5.53. The summed E-state index contributed by atoms with van der Waals surface area (Å²) in [4.78, 5) is 24.5. The third-order valence-corrected chi connectivity index (χ3v) is 2.79. The molecule has 6 heteroatoms. The number of cyclic esters (lactones) is 1. The van der Waals surface area contributed by atoms with Gasteiger partial charge in [0.25, 0.3) is 0 Å². The average Bonchev–Trinajstić information content (AvgIpc) is 2.40. The van der Waals surface area contributed by atoms with Gasteiger partial charge in [0.2, 0.25) is 5.91 Å². The summed E-state index contributed by atoms with van der Waals surface area (Å²) >= 11 is 0. The fourth-order valence-electron chi connectivity index (χ4n) is 1.79. The zero-order valence-corrected chi connectivity index (χ0v) is 10.4. The standard InChI is InChI=1S/C13H15FN2O3/c14-10-2-4-11(5-3-10)15-12(17)6-8-16-7-1-9-19-13(16)18/h2-5H,1,6-9H2,(H,15,17). The molecule has 0 aromatic heterocycles. The number of ether oxygens (including phenoxy) is 1.